The van der Waals surface area contributed by atoms with Crippen LogP contribution in [0.25, 0.3) is 11.0 Å². The van der Waals surface area contributed by atoms with Crippen molar-refractivity contribution in [3.8, 4) is 0 Å². The van der Waals surface area contributed by atoms with Gasteiger partial charge in [-0.2, -0.15) is 0 Å². The Labute approximate surface area is 122 Å². The average molecular weight is 303 g/mol. The Morgan fingerprint density at radius 1 is 1.42 bits per heavy atom. The molecule has 1 heterocycles. The number of benzene rings is 1. The van der Waals surface area contributed by atoms with Gasteiger partial charge >= 0.3 is 0 Å². The van der Waals surface area contributed by atoms with E-state index in [-0.39, 0.29) is 24.4 Å². The number of carbonyl (C=O) groups is 1. The molecule has 19 heavy (non-hydrogen) atoms. The van der Waals surface area contributed by atoms with E-state index in [0.717, 1.165) is 5.39 Å². The summed E-state index contributed by atoms with van der Waals surface area (Å²) in [6, 6.07) is 7.17. The first-order valence-electron chi connectivity index (χ1n) is 5.74. The molecule has 6 heteroatoms. The van der Waals surface area contributed by atoms with Crippen LogP contribution >= 0.6 is 24.0 Å². The second-order valence-corrected chi connectivity index (χ2v) is 4.63. The van der Waals surface area contributed by atoms with E-state index >= 15 is 0 Å². The highest BCUT2D eigenvalue weighted by atomic mass is 35.5. The molecule has 1 aromatic heterocycles. The first-order chi connectivity index (χ1) is 8.60. The number of nitrogens with one attached hydrogen (secondary N) is 2. The zero-order chi connectivity index (χ0) is 13.1. The largest absolute Gasteiger partial charge is 0.451 e. The second kappa shape index (κ2) is 6.80. The van der Waals surface area contributed by atoms with Gasteiger partial charge in [0.1, 0.15) is 5.58 Å². The minimum absolute atomic E-state index is 0. The summed E-state index contributed by atoms with van der Waals surface area (Å²) in [6.07, 6.45) is 0. The SMILES string of the molecule is CNC(C)CNC(=O)c1cc2cc(Cl)ccc2o1.Cl. The molecule has 0 saturated carbocycles. The Morgan fingerprint density at radius 2 is 2.16 bits per heavy atom. The number of carbonyl (C=O) groups excluding carboxylic acids is 1. The molecule has 0 aliphatic heterocycles. The third-order valence-corrected chi connectivity index (χ3v) is 3.00. The van der Waals surface area contributed by atoms with E-state index in [2.05, 4.69) is 10.6 Å². The van der Waals surface area contributed by atoms with Crippen LogP contribution in [-0.2, 0) is 0 Å². The van der Waals surface area contributed by atoms with Crippen LogP contribution in [0.3, 0.4) is 0 Å². The molecule has 0 bridgehead atoms. The van der Waals surface area contributed by atoms with Crippen LogP contribution < -0.4 is 10.6 Å². The predicted octanol–water partition coefficient (Wildman–Crippen LogP) is 2.85. The monoisotopic (exact) mass is 302 g/mol. The van der Waals surface area contributed by atoms with E-state index in [1.807, 2.05) is 14.0 Å². The molecule has 104 valence electrons. The average Bonchev–Trinajstić information content (AvgIpc) is 2.78. The van der Waals surface area contributed by atoms with Crippen molar-refractivity contribution in [3.63, 3.8) is 0 Å². The minimum Gasteiger partial charge on any atom is -0.451 e. The lowest BCUT2D eigenvalue weighted by Crippen LogP contribution is -2.36. The normalized spacial score (nSPS) is 11.9. The van der Waals surface area contributed by atoms with Crippen molar-refractivity contribution in [3.05, 3.63) is 35.0 Å². The summed E-state index contributed by atoms with van der Waals surface area (Å²) in [5.74, 6) is 0.0833. The van der Waals surface area contributed by atoms with Crippen molar-refractivity contribution < 1.29 is 9.21 Å². The van der Waals surface area contributed by atoms with Crippen molar-refractivity contribution in [2.24, 2.45) is 0 Å². The molecule has 1 atom stereocenters. The Kier molecular flexibility index (Phi) is 5.66. The van der Waals surface area contributed by atoms with E-state index in [1.54, 1.807) is 24.3 Å². The van der Waals surface area contributed by atoms with E-state index in [0.29, 0.717) is 22.9 Å². The van der Waals surface area contributed by atoms with Crippen LogP contribution in [0.5, 0.6) is 0 Å². The Bertz CT molecular complexity index is 569. The number of halogens is 2. The topological polar surface area (TPSA) is 54.3 Å². The van der Waals surface area contributed by atoms with Crippen molar-refractivity contribution >= 4 is 40.9 Å². The number of likely N-dealkylation sites (N-methyl/N-ethyl adjacent to an activating group) is 1. The number of fused-ring (bicyclic) bond motifs is 1. The lowest BCUT2D eigenvalue weighted by atomic mass is 10.2. The maximum atomic E-state index is 11.9. The summed E-state index contributed by atoms with van der Waals surface area (Å²) in [4.78, 5) is 11.9. The smallest absolute Gasteiger partial charge is 0.287 e. The van der Waals surface area contributed by atoms with Gasteiger partial charge in [-0.1, -0.05) is 11.6 Å². The number of rotatable bonds is 4. The van der Waals surface area contributed by atoms with E-state index in [9.17, 15) is 4.79 Å². The molecular weight excluding hydrogens is 287 g/mol. The van der Waals surface area contributed by atoms with Crippen molar-refractivity contribution in [1.82, 2.24) is 10.6 Å². The molecule has 4 nitrogen and oxygen atoms in total. The summed E-state index contributed by atoms with van der Waals surface area (Å²) in [6.45, 7) is 2.53. The van der Waals surface area contributed by atoms with Gasteiger partial charge in [-0.25, -0.2) is 0 Å². The first kappa shape index (κ1) is 15.8. The van der Waals surface area contributed by atoms with Crippen LogP contribution in [0.1, 0.15) is 17.5 Å². The number of furan rings is 1. The lowest BCUT2D eigenvalue weighted by molar-refractivity contribution is 0.0925. The predicted molar refractivity (Wildman–Crippen MR) is 79.3 cm³/mol. The maximum Gasteiger partial charge on any atom is 0.287 e. The maximum absolute atomic E-state index is 11.9. The summed E-state index contributed by atoms with van der Waals surface area (Å²) >= 11 is 5.88. The Hall–Kier alpha value is -1.23. The van der Waals surface area contributed by atoms with E-state index < -0.39 is 0 Å². The van der Waals surface area contributed by atoms with Gasteiger partial charge in [0.05, 0.1) is 0 Å². The fourth-order valence-electron chi connectivity index (χ4n) is 1.56. The highest BCUT2D eigenvalue weighted by molar-refractivity contribution is 6.31. The zero-order valence-electron chi connectivity index (χ0n) is 10.7. The number of amides is 1. The highest BCUT2D eigenvalue weighted by Gasteiger charge is 2.12. The zero-order valence-corrected chi connectivity index (χ0v) is 12.3. The molecule has 0 aliphatic carbocycles. The molecule has 0 fully saturated rings. The molecule has 0 aliphatic rings. The summed E-state index contributed by atoms with van der Waals surface area (Å²) < 4.78 is 5.46. The third-order valence-electron chi connectivity index (χ3n) is 2.76. The second-order valence-electron chi connectivity index (χ2n) is 4.19. The standard InChI is InChI=1S/C13H15ClN2O2.ClH/c1-8(15-2)7-16-13(17)12-6-9-5-10(14)3-4-11(9)18-12;/h3-6,8,15H,7H2,1-2H3,(H,16,17);1H. The molecule has 2 rings (SSSR count). The van der Waals surface area contributed by atoms with Crippen molar-refractivity contribution in [2.45, 2.75) is 13.0 Å². The Balaban J connectivity index is 0.00000180. The summed E-state index contributed by atoms with van der Waals surface area (Å²) in [5, 5.41) is 7.29. The molecule has 2 aromatic rings. The van der Waals surface area contributed by atoms with Gasteiger partial charge in [0.15, 0.2) is 5.76 Å². The van der Waals surface area contributed by atoms with Gasteiger partial charge in [-0.05, 0) is 38.2 Å². The Morgan fingerprint density at radius 3 is 2.84 bits per heavy atom. The molecule has 1 amide bonds. The van der Waals surface area contributed by atoms with Gasteiger partial charge in [0, 0.05) is 23.0 Å². The lowest BCUT2D eigenvalue weighted by Gasteiger charge is -2.09. The van der Waals surface area contributed by atoms with Crippen LogP contribution in [0, 0.1) is 0 Å². The number of hydrogen-bond donors (Lipinski definition) is 2. The third kappa shape index (κ3) is 3.86. The van der Waals surface area contributed by atoms with Gasteiger partial charge in [0.25, 0.3) is 5.91 Å². The quantitative estimate of drug-likeness (QED) is 0.913. The van der Waals surface area contributed by atoms with E-state index in [4.69, 9.17) is 16.0 Å². The summed E-state index contributed by atoms with van der Waals surface area (Å²) in [7, 11) is 1.85. The highest BCUT2D eigenvalue weighted by Crippen LogP contribution is 2.22. The van der Waals surface area contributed by atoms with Gasteiger partial charge in [-0.15, -0.1) is 12.4 Å². The van der Waals surface area contributed by atoms with Crippen molar-refractivity contribution in [2.75, 3.05) is 13.6 Å². The molecule has 2 N–H and O–H groups in total. The molecule has 1 aromatic carbocycles. The molecular formula is C13H16Cl2N2O2. The molecule has 0 radical (unpaired) electrons. The summed E-state index contributed by atoms with van der Waals surface area (Å²) in [5.41, 5.74) is 0.659. The molecule has 0 saturated heterocycles. The van der Waals surface area contributed by atoms with Crippen LogP contribution in [0.4, 0.5) is 0 Å². The molecule has 1 unspecified atom stereocenters. The van der Waals surface area contributed by atoms with Gasteiger partial charge < -0.3 is 15.1 Å². The minimum atomic E-state index is -0.218. The van der Waals surface area contributed by atoms with Crippen LogP contribution in [-0.4, -0.2) is 25.5 Å². The van der Waals surface area contributed by atoms with Gasteiger partial charge in [-0.3, -0.25) is 4.79 Å². The fourth-order valence-corrected chi connectivity index (χ4v) is 1.74. The van der Waals surface area contributed by atoms with E-state index in [1.165, 1.54) is 0 Å². The molecule has 0 spiro atoms. The van der Waals surface area contributed by atoms with Gasteiger partial charge in [0.2, 0.25) is 0 Å². The van der Waals surface area contributed by atoms with Crippen molar-refractivity contribution in [1.29, 1.82) is 0 Å². The van der Waals surface area contributed by atoms with Crippen LogP contribution in [0.2, 0.25) is 5.02 Å². The fraction of sp³-hybridized carbons (Fsp3) is 0.308. The first-order valence-corrected chi connectivity index (χ1v) is 6.12. The number of hydrogen-bond acceptors (Lipinski definition) is 3. The van der Waals surface area contributed by atoms with Crippen LogP contribution in [0.15, 0.2) is 28.7 Å².